The molecule has 0 bridgehead atoms. The second-order valence-electron chi connectivity index (χ2n) is 5.38. The molecule has 0 fully saturated rings. The molecule has 122 valence electrons. The lowest BCUT2D eigenvalue weighted by atomic mass is 10.0. The average Bonchev–Trinajstić information content (AvgIpc) is 2.58. The van der Waals surface area contributed by atoms with Crippen molar-refractivity contribution in [3.63, 3.8) is 0 Å². The highest BCUT2D eigenvalue weighted by Gasteiger charge is 2.18. The number of benzene rings is 2. The normalized spacial score (nSPS) is 11.9. The molecule has 2 rings (SSSR count). The first-order valence-electron chi connectivity index (χ1n) is 7.99. The van der Waals surface area contributed by atoms with Gasteiger partial charge in [0.1, 0.15) is 5.75 Å². The summed E-state index contributed by atoms with van der Waals surface area (Å²) in [6.45, 7) is 5.11. The summed E-state index contributed by atoms with van der Waals surface area (Å²) in [5, 5.41) is 3.32. The van der Waals surface area contributed by atoms with Gasteiger partial charge in [0.25, 0.3) is 0 Å². The van der Waals surface area contributed by atoms with Crippen LogP contribution in [-0.4, -0.2) is 18.4 Å². The van der Waals surface area contributed by atoms with E-state index in [-0.39, 0.29) is 11.8 Å². The van der Waals surface area contributed by atoms with Gasteiger partial charge in [-0.2, -0.15) is 0 Å². The fourth-order valence-electron chi connectivity index (χ4n) is 2.45. The molecule has 2 aromatic rings. The first-order chi connectivity index (χ1) is 11.2. The lowest BCUT2D eigenvalue weighted by Gasteiger charge is -2.17. The van der Waals surface area contributed by atoms with Crippen LogP contribution in [0.1, 0.15) is 36.2 Å². The molecule has 0 spiro atoms. The SMILES string of the molecule is CCOc1ccc(C(=O)C(CC)NCc2ccccc2)cc1N. The maximum atomic E-state index is 12.7. The highest BCUT2D eigenvalue weighted by atomic mass is 16.5. The average molecular weight is 312 g/mol. The minimum atomic E-state index is -0.229. The van der Waals surface area contributed by atoms with Crippen molar-refractivity contribution in [2.45, 2.75) is 32.9 Å². The molecular weight excluding hydrogens is 288 g/mol. The zero-order valence-electron chi connectivity index (χ0n) is 13.7. The number of anilines is 1. The lowest BCUT2D eigenvalue weighted by molar-refractivity contribution is 0.0939. The van der Waals surface area contributed by atoms with Crippen LogP contribution in [0.25, 0.3) is 0 Å². The van der Waals surface area contributed by atoms with E-state index in [1.54, 1.807) is 18.2 Å². The van der Waals surface area contributed by atoms with E-state index in [1.807, 2.05) is 44.2 Å². The summed E-state index contributed by atoms with van der Waals surface area (Å²) in [5.74, 6) is 0.674. The number of hydrogen-bond donors (Lipinski definition) is 2. The molecule has 0 amide bonds. The van der Waals surface area contributed by atoms with Gasteiger partial charge in [0, 0.05) is 12.1 Å². The summed E-state index contributed by atoms with van der Waals surface area (Å²) >= 11 is 0. The number of ether oxygens (including phenoxy) is 1. The third kappa shape index (κ3) is 4.57. The summed E-state index contributed by atoms with van der Waals surface area (Å²) < 4.78 is 5.41. The van der Waals surface area contributed by atoms with Crippen molar-refractivity contribution in [2.75, 3.05) is 12.3 Å². The molecule has 0 aliphatic carbocycles. The Morgan fingerprint density at radius 2 is 1.91 bits per heavy atom. The Labute approximate surface area is 137 Å². The quantitative estimate of drug-likeness (QED) is 0.579. The van der Waals surface area contributed by atoms with Gasteiger partial charge in [0.15, 0.2) is 5.78 Å². The Morgan fingerprint density at radius 1 is 1.17 bits per heavy atom. The van der Waals surface area contributed by atoms with E-state index < -0.39 is 0 Å². The highest BCUT2D eigenvalue weighted by Crippen LogP contribution is 2.23. The fraction of sp³-hybridized carbons (Fsp3) is 0.316. The van der Waals surface area contributed by atoms with E-state index in [2.05, 4.69) is 5.32 Å². The van der Waals surface area contributed by atoms with E-state index in [0.29, 0.717) is 30.2 Å². The van der Waals surface area contributed by atoms with Crippen LogP contribution >= 0.6 is 0 Å². The van der Waals surface area contributed by atoms with Gasteiger partial charge in [-0.3, -0.25) is 4.79 Å². The third-order valence-corrected chi connectivity index (χ3v) is 3.71. The van der Waals surface area contributed by atoms with Crippen molar-refractivity contribution in [3.8, 4) is 5.75 Å². The van der Waals surface area contributed by atoms with Crippen LogP contribution < -0.4 is 15.8 Å². The molecule has 0 saturated carbocycles. The van der Waals surface area contributed by atoms with Crippen LogP contribution in [-0.2, 0) is 6.54 Å². The van der Waals surface area contributed by atoms with Crippen LogP contribution in [0, 0.1) is 0 Å². The number of carbonyl (C=O) groups excluding carboxylic acids is 1. The maximum absolute atomic E-state index is 12.7. The van der Waals surface area contributed by atoms with E-state index in [4.69, 9.17) is 10.5 Å². The molecule has 1 atom stereocenters. The van der Waals surface area contributed by atoms with Gasteiger partial charge in [-0.1, -0.05) is 37.3 Å². The molecule has 0 aromatic heterocycles. The van der Waals surface area contributed by atoms with Crippen LogP contribution in [0.3, 0.4) is 0 Å². The number of carbonyl (C=O) groups is 1. The molecule has 0 heterocycles. The smallest absolute Gasteiger partial charge is 0.179 e. The van der Waals surface area contributed by atoms with Crippen LogP contribution in [0.5, 0.6) is 5.75 Å². The van der Waals surface area contributed by atoms with Crippen molar-refractivity contribution in [2.24, 2.45) is 0 Å². The minimum absolute atomic E-state index is 0.0539. The summed E-state index contributed by atoms with van der Waals surface area (Å²) in [4.78, 5) is 12.7. The Kier molecular flexibility index (Phi) is 6.18. The standard InChI is InChI=1S/C19H24N2O2/c1-3-17(21-13-14-8-6-5-7-9-14)19(22)15-10-11-18(23-4-2)16(20)12-15/h5-12,17,21H,3-4,13,20H2,1-2H3. The first-order valence-corrected chi connectivity index (χ1v) is 7.99. The zero-order valence-corrected chi connectivity index (χ0v) is 13.7. The fourth-order valence-corrected chi connectivity index (χ4v) is 2.45. The molecule has 4 heteroatoms. The zero-order chi connectivity index (χ0) is 16.7. The third-order valence-electron chi connectivity index (χ3n) is 3.71. The summed E-state index contributed by atoms with van der Waals surface area (Å²) in [6, 6.07) is 15.0. The van der Waals surface area contributed by atoms with Crippen LogP contribution in [0.15, 0.2) is 48.5 Å². The second-order valence-corrected chi connectivity index (χ2v) is 5.38. The number of rotatable bonds is 8. The van der Waals surface area contributed by atoms with Gasteiger partial charge < -0.3 is 15.8 Å². The Balaban J connectivity index is 2.05. The van der Waals surface area contributed by atoms with Crippen molar-refractivity contribution in [1.29, 1.82) is 0 Å². The van der Waals surface area contributed by atoms with Gasteiger partial charge >= 0.3 is 0 Å². The summed E-state index contributed by atoms with van der Waals surface area (Å²) in [6.07, 6.45) is 0.721. The predicted molar refractivity (Wildman–Crippen MR) is 93.7 cm³/mol. The van der Waals surface area contributed by atoms with E-state index in [1.165, 1.54) is 0 Å². The molecule has 0 aliphatic rings. The van der Waals surface area contributed by atoms with E-state index >= 15 is 0 Å². The van der Waals surface area contributed by atoms with Crippen molar-refractivity contribution in [3.05, 3.63) is 59.7 Å². The number of nitrogens with two attached hydrogens (primary N) is 1. The molecule has 0 radical (unpaired) electrons. The number of nitrogens with one attached hydrogen (secondary N) is 1. The Hall–Kier alpha value is -2.33. The Morgan fingerprint density at radius 3 is 2.52 bits per heavy atom. The topological polar surface area (TPSA) is 64.3 Å². The lowest BCUT2D eigenvalue weighted by Crippen LogP contribution is -2.35. The number of hydrogen-bond acceptors (Lipinski definition) is 4. The number of ketones is 1. The molecule has 1 unspecified atom stereocenters. The first kappa shape index (κ1) is 17.0. The second kappa shape index (κ2) is 8.34. The van der Waals surface area contributed by atoms with Gasteiger partial charge in [-0.05, 0) is 37.1 Å². The van der Waals surface area contributed by atoms with Gasteiger partial charge in [-0.25, -0.2) is 0 Å². The van der Waals surface area contributed by atoms with Crippen LogP contribution in [0.2, 0.25) is 0 Å². The maximum Gasteiger partial charge on any atom is 0.179 e. The number of nitrogen functional groups attached to an aromatic ring is 1. The van der Waals surface area contributed by atoms with Crippen molar-refractivity contribution < 1.29 is 9.53 Å². The van der Waals surface area contributed by atoms with Crippen LogP contribution in [0.4, 0.5) is 5.69 Å². The molecule has 23 heavy (non-hydrogen) atoms. The molecule has 2 aromatic carbocycles. The van der Waals surface area contributed by atoms with E-state index in [0.717, 1.165) is 12.0 Å². The van der Waals surface area contributed by atoms with Gasteiger partial charge in [0.05, 0.1) is 18.3 Å². The molecule has 0 aliphatic heterocycles. The van der Waals surface area contributed by atoms with Crippen molar-refractivity contribution >= 4 is 11.5 Å². The Bertz CT molecular complexity index is 641. The monoisotopic (exact) mass is 312 g/mol. The van der Waals surface area contributed by atoms with Gasteiger partial charge in [-0.15, -0.1) is 0 Å². The largest absolute Gasteiger partial charge is 0.492 e. The predicted octanol–water partition coefficient (Wildman–Crippen LogP) is 3.42. The molecule has 0 saturated heterocycles. The minimum Gasteiger partial charge on any atom is -0.492 e. The molecule has 3 N–H and O–H groups in total. The molecular formula is C19H24N2O2. The summed E-state index contributed by atoms with van der Waals surface area (Å²) in [7, 11) is 0. The summed E-state index contributed by atoms with van der Waals surface area (Å²) in [5.41, 5.74) is 8.22. The highest BCUT2D eigenvalue weighted by molar-refractivity contribution is 6.01. The van der Waals surface area contributed by atoms with Crippen molar-refractivity contribution in [1.82, 2.24) is 5.32 Å². The van der Waals surface area contributed by atoms with E-state index in [9.17, 15) is 4.79 Å². The number of Topliss-reactive ketones (excluding diaryl/α,β-unsaturated/α-hetero) is 1. The molecule has 4 nitrogen and oxygen atoms in total. The van der Waals surface area contributed by atoms with Gasteiger partial charge in [0.2, 0.25) is 0 Å².